The first-order chi connectivity index (χ1) is 32.3. The van der Waals surface area contributed by atoms with E-state index in [1.54, 1.807) is 13.8 Å². The highest BCUT2D eigenvalue weighted by atomic mass is 19.2. The number of nitrogens with one attached hydrogen (secondary N) is 2. The molecule has 18 nitrogen and oxygen atoms in total. The van der Waals surface area contributed by atoms with Crippen molar-refractivity contribution in [2.75, 3.05) is 13.1 Å². The van der Waals surface area contributed by atoms with Gasteiger partial charge in [-0.05, 0) is 13.8 Å². The van der Waals surface area contributed by atoms with Gasteiger partial charge in [-0.3, -0.25) is 28.8 Å². The number of amides is 4. The van der Waals surface area contributed by atoms with Crippen molar-refractivity contribution < 1.29 is 64.8 Å². The lowest BCUT2D eigenvalue weighted by molar-refractivity contribution is 0.0635. The minimum Gasteiger partial charge on any atom is -0.503 e. The molecule has 4 aliphatic heterocycles. The van der Waals surface area contributed by atoms with E-state index < -0.39 is 128 Å². The molecule has 0 unspecified atom stereocenters. The lowest BCUT2D eigenvalue weighted by Gasteiger charge is -2.34. The molecule has 24 heteroatoms. The Bertz CT molecular complexity index is 3250. The highest BCUT2D eigenvalue weighted by molar-refractivity contribution is 6.00. The number of nitrogens with zero attached hydrogens (tertiary/aromatic N) is 6. The summed E-state index contributed by atoms with van der Waals surface area (Å²) in [7, 11) is 0. The highest BCUT2D eigenvalue weighted by Crippen LogP contribution is 2.36. The van der Waals surface area contributed by atoms with E-state index in [4.69, 9.17) is 9.05 Å². The molecule has 6 aromatic rings. The Balaban J connectivity index is 0.000000170. The van der Waals surface area contributed by atoms with Crippen molar-refractivity contribution in [3.63, 3.8) is 0 Å². The van der Waals surface area contributed by atoms with Crippen LogP contribution in [-0.2, 0) is 39.0 Å². The molecule has 4 amide bonds. The number of fused-ring (bicyclic) bond motifs is 10. The molecule has 4 N–H and O–H groups in total. The van der Waals surface area contributed by atoms with Crippen LogP contribution in [0.15, 0.2) is 55.3 Å². The summed E-state index contributed by atoms with van der Waals surface area (Å²) in [6.45, 7) is 2.96. The van der Waals surface area contributed by atoms with Crippen molar-refractivity contribution in [3.8, 4) is 11.5 Å². The molecule has 0 spiro atoms. The Hall–Kier alpha value is -8.18. The predicted octanol–water partition coefficient (Wildman–Crippen LogP) is 3.90. The van der Waals surface area contributed by atoms with Crippen molar-refractivity contribution in [1.82, 2.24) is 39.9 Å². The van der Waals surface area contributed by atoms with Crippen LogP contribution in [0.25, 0.3) is 0 Å². The number of pyridine rings is 2. The average Bonchev–Trinajstić information content (AvgIpc) is 3.65. The Kier molecular flexibility index (Phi) is 11.2. The van der Waals surface area contributed by atoms with E-state index in [0.29, 0.717) is 60.0 Å². The Morgan fingerprint density at radius 1 is 0.632 bits per heavy atom. The number of carbonyl (C=O) groups is 4. The van der Waals surface area contributed by atoms with Crippen LogP contribution >= 0.6 is 0 Å². The maximum Gasteiger partial charge on any atom is 0.274 e. The maximum atomic E-state index is 13.9. The Morgan fingerprint density at radius 3 is 1.51 bits per heavy atom. The summed E-state index contributed by atoms with van der Waals surface area (Å²) < 4.78 is 95.2. The van der Waals surface area contributed by atoms with Gasteiger partial charge < -0.3 is 48.8 Å². The van der Waals surface area contributed by atoms with Gasteiger partial charge in [0.1, 0.15) is 51.8 Å². The average molecular weight is 949 g/mol. The molecule has 10 rings (SSSR count). The van der Waals surface area contributed by atoms with Crippen molar-refractivity contribution in [2.45, 2.75) is 65.0 Å². The van der Waals surface area contributed by atoms with Crippen LogP contribution in [0.3, 0.4) is 0 Å². The minimum absolute atomic E-state index is 0.121. The number of hydrogen-bond donors (Lipinski definition) is 4. The lowest BCUT2D eigenvalue weighted by atomic mass is 10.0. The summed E-state index contributed by atoms with van der Waals surface area (Å²) in [5, 5.41) is 33.4. The second-order valence-electron chi connectivity index (χ2n) is 16.4. The summed E-state index contributed by atoms with van der Waals surface area (Å²) in [5.41, 5.74) is -2.16. The summed E-state index contributed by atoms with van der Waals surface area (Å²) in [6.07, 6.45) is 2.95. The van der Waals surface area contributed by atoms with Gasteiger partial charge in [-0.1, -0.05) is 10.3 Å². The molecule has 68 heavy (non-hydrogen) atoms. The van der Waals surface area contributed by atoms with Crippen LogP contribution in [0, 0.1) is 48.8 Å². The molecule has 4 aromatic heterocycles. The fourth-order valence-corrected chi connectivity index (χ4v) is 8.75. The largest absolute Gasteiger partial charge is 0.503 e. The summed E-state index contributed by atoms with van der Waals surface area (Å²) in [5.74, 6) is -11.1. The third-order valence-electron chi connectivity index (χ3n) is 12.3. The monoisotopic (exact) mass is 948 g/mol. The normalized spacial score (nSPS) is 16.6. The van der Waals surface area contributed by atoms with E-state index >= 15 is 0 Å². The van der Waals surface area contributed by atoms with Crippen molar-refractivity contribution in [3.05, 3.63) is 160 Å². The van der Waals surface area contributed by atoms with Gasteiger partial charge in [-0.25, -0.2) is 26.3 Å². The minimum atomic E-state index is -1.20. The molecular weight excluding hydrogens is 915 g/mol. The van der Waals surface area contributed by atoms with Crippen molar-refractivity contribution >= 4 is 23.6 Å². The second-order valence-corrected chi connectivity index (χ2v) is 16.4. The maximum absolute atomic E-state index is 13.9. The van der Waals surface area contributed by atoms with Gasteiger partial charge in [-0.15, -0.1) is 0 Å². The van der Waals surface area contributed by atoms with Crippen LogP contribution in [0.2, 0.25) is 0 Å². The van der Waals surface area contributed by atoms with E-state index in [9.17, 15) is 65.3 Å². The van der Waals surface area contributed by atoms with Gasteiger partial charge in [0, 0.05) is 97.9 Å². The molecule has 0 saturated heterocycles. The van der Waals surface area contributed by atoms with E-state index in [1.807, 2.05) is 0 Å². The van der Waals surface area contributed by atoms with Crippen molar-refractivity contribution in [1.29, 1.82) is 0 Å². The third kappa shape index (κ3) is 7.69. The second kappa shape index (κ2) is 16.9. The van der Waals surface area contributed by atoms with Crippen LogP contribution < -0.4 is 21.5 Å². The number of benzene rings is 2. The van der Waals surface area contributed by atoms with Gasteiger partial charge in [0.2, 0.25) is 10.9 Å². The summed E-state index contributed by atoms with van der Waals surface area (Å²) in [4.78, 5) is 79.8. The van der Waals surface area contributed by atoms with Gasteiger partial charge in [-0.2, -0.15) is 0 Å². The number of carbonyl (C=O) groups excluding carboxylic acids is 4. The van der Waals surface area contributed by atoms with E-state index in [-0.39, 0.29) is 37.6 Å². The number of aromatic hydroxyl groups is 2. The zero-order valence-electron chi connectivity index (χ0n) is 35.4. The van der Waals surface area contributed by atoms with Gasteiger partial charge in [0.05, 0.1) is 36.6 Å². The predicted molar refractivity (Wildman–Crippen MR) is 217 cm³/mol. The Labute approximate surface area is 376 Å². The van der Waals surface area contributed by atoms with Gasteiger partial charge >= 0.3 is 0 Å². The standard InChI is InChI=1S/2C22H17F3N4O5/c1-9-13-7-28-6-11(4-17(13)34-27-9)29-8-14(19(30)20(31)18(29)22(28)33)21(32)26-5-12-15(24)2-10(23)3-16(12)25;1-9-12-4-11-6-28(8-17(12)34-27-9)22(33)18-20(31)19(30)14(7-29(11)18)21(32)26-5-13-15(24)2-10(23)3-16(13)25/h2-3,8,11,31H,4-7H2,1H3,(H,26,32);2-3,7,11,31H,4-6,8H2,1H3,(H,26,32)/t2*11-/m00/s1. The van der Waals surface area contributed by atoms with Gasteiger partial charge in [0.25, 0.3) is 23.6 Å². The number of aryl methyl sites for hydroxylation is 2. The first-order valence-electron chi connectivity index (χ1n) is 20.6. The molecule has 0 fully saturated rings. The molecule has 352 valence electrons. The SMILES string of the molecule is Cc1noc2c1CN1C[C@H](C2)n2cc(C(=O)NCc3c(F)cc(F)cc3F)c(=O)c(O)c2C1=O.Cc1noc2c1C[C@H]1CN(C2)C(=O)c2c(O)c(=O)c(C(=O)NCc3c(F)cc(F)cc3F)cn21. The molecule has 0 saturated carbocycles. The molecule has 2 atom stereocenters. The smallest absolute Gasteiger partial charge is 0.274 e. The topological polar surface area (TPSA) is 235 Å². The van der Waals surface area contributed by atoms with E-state index in [0.717, 1.165) is 23.5 Å². The molecule has 0 aliphatic carbocycles. The third-order valence-corrected chi connectivity index (χ3v) is 12.3. The molecule has 0 radical (unpaired) electrons. The first-order valence-corrected chi connectivity index (χ1v) is 20.6. The molecule has 2 aromatic carbocycles. The molecule has 8 heterocycles. The fourth-order valence-electron chi connectivity index (χ4n) is 8.75. The van der Waals surface area contributed by atoms with Crippen molar-refractivity contribution in [2.24, 2.45) is 0 Å². The van der Waals surface area contributed by atoms with Gasteiger partial charge in [0.15, 0.2) is 28.6 Å². The van der Waals surface area contributed by atoms with E-state index in [2.05, 4.69) is 20.9 Å². The molecule has 4 aliphatic rings. The number of hydrogen-bond acceptors (Lipinski definition) is 12. The summed E-state index contributed by atoms with van der Waals surface area (Å²) in [6, 6.07) is 0.965. The fraction of sp³-hybridized carbons (Fsp3) is 0.273. The lowest BCUT2D eigenvalue weighted by Crippen LogP contribution is -2.44. The molecular formula is C44H34F6N8O10. The zero-order valence-corrected chi connectivity index (χ0v) is 35.4. The van der Waals surface area contributed by atoms with Crippen LogP contribution in [-0.4, -0.2) is 76.2 Å². The highest BCUT2D eigenvalue weighted by Gasteiger charge is 2.41. The van der Waals surface area contributed by atoms with Crippen LogP contribution in [0.5, 0.6) is 11.5 Å². The Morgan fingerprint density at radius 2 is 1.04 bits per heavy atom. The van der Waals surface area contributed by atoms with Crippen LogP contribution in [0.1, 0.15) is 98.9 Å². The van der Waals surface area contributed by atoms with E-state index in [1.165, 1.54) is 18.9 Å². The zero-order chi connectivity index (χ0) is 48.6. The molecule has 4 bridgehead atoms. The number of aromatic nitrogens is 4. The first kappa shape index (κ1) is 45.0. The number of halogens is 6. The van der Waals surface area contributed by atoms with Crippen LogP contribution in [0.4, 0.5) is 26.3 Å². The number of rotatable bonds is 6. The summed E-state index contributed by atoms with van der Waals surface area (Å²) >= 11 is 0. The quantitative estimate of drug-likeness (QED) is 0.174.